The zero-order valence-corrected chi connectivity index (χ0v) is 12.5. The average Bonchev–Trinajstić information content (AvgIpc) is 2.92. The molecular weight excluding hydrogens is 256 g/mol. The topological polar surface area (TPSA) is 28.7 Å². The maximum absolute atomic E-state index is 4.87. The molecule has 0 amide bonds. The number of imidazole rings is 1. The zero-order chi connectivity index (χ0) is 14.7. The fourth-order valence-electron chi connectivity index (χ4n) is 2.80. The maximum atomic E-state index is 4.87. The standard InChI is InChI=1S/C19H20N2/c1-3-17(15-10-6-4-7-11-15)19-20-14(2)18(21-19)16-12-8-5-9-13-16/h4-13,17H,3H2,1-2H3,(H,20,21). The summed E-state index contributed by atoms with van der Waals surface area (Å²) in [7, 11) is 0. The Morgan fingerprint density at radius 2 is 1.57 bits per heavy atom. The quantitative estimate of drug-likeness (QED) is 0.719. The number of rotatable bonds is 4. The van der Waals surface area contributed by atoms with E-state index in [-0.39, 0.29) is 0 Å². The molecule has 0 bridgehead atoms. The minimum Gasteiger partial charge on any atom is -0.345 e. The summed E-state index contributed by atoms with van der Waals surface area (Å²) in [5.41, 5.74) is 4.67. The Kier molecular flexibility index (Phi) is 3.87. The van der Waals surface area contributed by atoms with Gasteiger partial charge in [-0.15, -0.1) is 0 Å². The summed E-state index contributed by atoms with van der Waals surface area (Å²) >= 11 is 0. The van der Waals surface area contributed by atoms with Gasteiger partial charge in [0.2, 0.25) is 0 Å². The fourth-order valence-corrected chi connectivity index (χ4v) is 2.80. The number of aromatic nitrogens is 2. The number of hydrogen-bond donors (Lipinski definition) is 1. The summed E-state index contributed by atoms with van der Waals surface area (Å²) in [6.07, 6.45) is 1.03. The molecule has 0 aliphatic rings. The number of nitrogens with zero attached hydrogens (tertiary/aromatic N) is 1. The molecule has 0 fully saturated rings. The van der Waals surface area contributed by atoms with Crippen molar-refractivity contribution in [3.05, 3.63) is 77.7 Å². The SMILES string of the molecule is CCC(c1ccccc1)c1nc(-c2ccccc2)c(C)[nH]1. The monoisotopic (exact) mass is 276 g/mol. The van der Waals surface area contributed by atoms with Crippen molar-refractivity contribution in [1.82, 2.24) is 9.97 Å². The van der Waals surface area contributed by atoms with E-state index in [1.807, 2.05) is 6.07 Å². The predicted octanol–water partition coefficient (Wildman–Crippen LogP) is 4.93. The number of aromatic amines is 1. The second-order valence-corrected chi connectivity index (χ2v) is 5.33. The lowest BCUT2D eigenvalue weighted by molar-refractivity contribution is 0.728. The highest BCUT2D eigenvalue weighted by Gasteiger charge is 2.17. The van der Waals surface area contributed by atoms with Gasteiger partial charge in [0.05, 0.1) is 5.69 Å². The summed E-state index contributed by atoms with van der Waals surface area (Å²) in [6, 6.07) is 20.9. The van der Waals surface area contributed by atoms with E-state index in [1.165, 1.54) is 11.1 Å². The zero-order valence-electron chi connectivity index (χ0n) is 12.5. The molecule has 1 unspecified atom stereocenters. The third-order valence-corrected chi connectivity index (χ3v) is 3.89. The molecule has 0 spiro atoms. The highest BCUT2D eigenvalue weighted by atomic mass is 14.9. The van der Waals surface area contributed by atoms with Crippen molar-refractivity contribution in [2.24, 2.45) is 0 Å². The van der Waals surface area contributed by atoms with Crippen LogP contribution in [-0.4, -0.2) is 9.97 Å². The fraction of sp³-hybridized carbons (Fsp3) is 0.211. The van der Waals surface area contributed by atoms with Gasteiger partial charge in [0.15, 0.2) is 0 Å². The smallest absolute Gasteiger partial charge is 0.114 e. The molecule has 1 N–H and O–H groups in total. The number of aryl methyl sites for hydroxylation is 1. The van der Waals surface area contributed by atoms with Crippen LogP contribution in [0.1, 0.15) is 36.3 Å². The largest absolute Gasteiger partial charge is 0.345 e. The van der Waals surface area contributed by atoms with Crippen LogP contribution in [0.25, 0.3) is 11.3 Å². The molecular formula is C19H20N2. The Morgan fingerprint density at radius 3 is 2.19 bits per heavy atom. The summed E-state index contributed by atoms with van der Waals surface area (Å²) in [6.45, 7) is 4.30. The lowest BCUT2D eigenvalue weighted by Crippen LogP contribution is -2.01. The molecule has 2 aromatic carbocycles. The third-order valence-electron chi connectivity index (χ3n) is 3.89. The van der Waals surface area contributed by atoms with E-state index in [9.17, 15) is 0 Å². The molecule has 21 heavy (non-hydrogen) atoms. The van der Waals surface area contributed by atoms with Crippen molar-refractivity contribution in [2.45, 2.75) is 26.2 Å². The Morgan fingerprint density at radius 1 is 0.952 bits per heavy atom. The van der Waals surface area contributed by atoms with Crippen molar-refractivity contribution in [1.29, 1.82) is 0 Å². The molecule has 1 atom stereocenters. The Balaban J connectivity index is 2.00. The van der Waals surface area contributed by atoms with E-state index in [2.05, 4.69) is 73.4 Å². The van der Waals surface area contributed by atoms with Crippen LogP contribution in [0.5, 0.6) is 0 Å². The van der Waals surface area contributed by atoms with Crippen LogP contribution in [0.2, 0.25) is 0 Å². The lowest BCUT2D eigenvalue weighted by atomic mass is 9.96. The first kappa shape index (κ1) is 13.6. The minimum absolute atomic E-state index is 0.322. The molecule has 2 heteroatoms. The summed E-state index contributed by atoms with van der Waals surface area (Å²) < 4.78 is 0. The van der Waals surface area contributed by atoms with Crippen molar-refractivity contribution in [2.75, 3.05) is 0 Å². The highest BCUT2D eigenvalue weighted by molar-refractivity contribution is 5.61. The molecule has 1 heterocycles. The van der Waals surface area contributed by atoms with Gasteiger partial charge in [0.1, 0.15) is 5.82 Å². The Labute approximate surface area is 125 Å². The van der Waals surface area contributed by atoms with Crippen molar-refractivity contribution < 1.29 is 0 Å². The molecule has 0 saturated carbocycles. The summed E-state index contributed by atoms with van der Waals surface area (Å²) in [4.78, 5) is 8.35. The first-order valence-electron chi connectivity index (χ1n) is 7.46. The molecule has 1 aromatic heterocycles. The van der Waals surface area contributed by atoms with Crippen LogP contribution >= 0.6 is 0 Å². The van der Waals surface area contributed by atoms with Gasteiger partial charge in [-0.05, 0) is 18.9 Å². The van der Waals surface area contributed by atoms with Crippen LogP contribution in [0.15, 0.2) is 60.7 Å². The van der Waals surface area contributed by atoms with Gasteiger partial charge < -0.3 is 4.98 Å². The third kappa shape index (κ3) is 2.75. The first-order valence-corrected chi connectivity index (χ1v) is 7.46. The van der Waals surface area contributed by atoms with E-state index in [4.69, 9.17) is 4.98 Å². The van der Waals surface area contributed by atoms with Gasteiger partial charge in [-0.25, -0.2) is 4.98 Å². The predicted molar refractivity (Wildman–Crippen MR) is 87.3 cm³/mol. The van der Waals surface area contributed by atoms with E-state index in [1.54, 1.807) is 0 Å². The normalized spacial score (nSPS) is 12.3. The molecule has 0 aliphatic heterocycles. The molecule has 106 valence electrons. The van der Waals surface area contributed by atoms with Crippen LogP contribution in [0.3, 0.4) is 0 Å². The second kappa shape index (κ2) is 5.96. The molecule has 3 rings (SSSR count). The van der Waals surface area contributed by atoms with Crippen LogP contribution in [-0.2, 0) is 0 Å². The van der Waals surface area contributed by atoms with Crippen LogP contribution in [0.4, 0.5) is 0 Å². The Hall–Kier alpha value is -2.35. The van der Waals surface area contributed by atoms with Gasteiger partial charge in [0, 0.05) is 17.2 Å². The van der Waals surface area contributed by atoms with Gasteiger partial charge >= 0.3 is 0 Å². The first-order chi connectivity index (χ1) is 10.3. The molecule has 3 aromatic rings. The number of benzene rings is 2. The number of hydrogen-bond acceptors (Lipinski definition) is 1. The minimum atomic E-state index is 0.322. The van der Waals surface area contributed by atoms with Crippen LogP contribution < -0.4 is 0 Å². The van der Waals surface area contributed by atoms with Crippen molar-refractivity contribution in [3.8, 4) is 11.3 Å². The molecule has 2 nitrogen and oxygen atoms in total. The van der Waals surface area contributed by atoms with Gasteiger partial charge in [-0.1, -0.05) is 67.6 Å². The highest BCUT2D eigenvalue weighted by Crippen LogP contribution is 2.29. The number of nitrogens with one attached hydrogen (secondary N) is 1. The van der Waals surface area contributed by atoms with E-state index in [0.29, 0.717) is 5.92 Å². The summed E-state index contributed by atoms with van der Waals surface area (Å²) in [5.74, 6) is 1.38. The van der Waals surface area contributed by atoms with E-state index < -0.39 is 0 Å². The van der Waals surface area contributed by atoms with Crippen molar-refractivity contribution >= 4 is 0 Å². The van der Waals surface area contributed by atoms with Crippen LogP contribution in [0, 0.1) is 6.92 Å². The molecule has 0 radical (unpaired) electrons. The maximum Gasteiger partial charge on any atom is 0.114 e. The molecule has 0 aliphatic carbocycles. The van der Waals surface area contributed by atoms with Gasteiger partial charge in [0.25, 0.3) is 0 Å². The van der Waals surface area contributed by atoms with Gasteiger partial charge in [-0.3, -0.25) is 0 Å². The van der Waals surface area contributed by atoms with E-state index >= 15 is 0 Å². The molecule has 0 saturated heterocycles. The second-order valence-electron chi connectivity index (χ2n) is 5.33. The summed E-state index contributed by atoms with van der Waals surface area (Å²) in [5, 5.41) is 0. The van der Waals surface area contributed by atoms with Gasteiger partial charge in [-0.2, -0.15) is 0 Å². The van der Waals surface area contributed by atoms with E-state index in [0.717, 1.165) is 23.6 Å². The average molecular weight is 276 g/mol. The number of H-pyrrole nitrogens is 1. The Bertz CT molecular complexity index is 699. The van der Waals surface area contributed by atoms with Crippen molar-refractivity contribution in [3.63, 3.8) is 0 Å². The lowest BCUT2D eigenvalue weighted by Gasteiger charge is -2.12.